The third kappa shape index (κ3) is 4.24. The first-order chi connectivity index (χ1) is 11.0. The second-order valence-electron chi connectivity index (χ2n) is 6.08. The second-order valence-corrected chi connectivity index (χ2v) is 6.08. The van der Waals surface area contributed by atoms with Crippen LogP contribution >= 0.6 is 0 Å². The molecule has 2 amide bonds. The molecular formula is C18H26N2O3. The Kier molecular flexibility index (Phi) is 6.02. The number of nitrogens with zero attached hydrogens (tertiary/aromatic N) is 2. The highest BCUT2D eigenvalue weighted by Gasteiger charge is 2.36. The molecule has 0 aliphatic carbocycles. The summed E-state index contributed by atoms with van der Waals surface area (Å²) in [7, 11) is 0. The van der Waals surface area contributed by atoms with Crippen molar-refractivity contribution in [1.29, 1.82) is 0 Å². The van der Waals surface area contributed by atoms with Gasteiger partial charge >= 0.3 is 6.09 Å². The number of hydrogen-bond acceptors (Lipinski definition) is 3. The van der Waals surface area contributed by atoms with Crippen LogP contribution in [-0.2, 0) is 16.1 Å². The fourth-order valence-corrected chi connectivity index (χ4v) is 2.96. The van der Waals surface area contributed by atoms with Crippen LogP contribution in [0.15, 0.2) is 30.3 Å². The summed E-state index contributed by atoms with van der Waals surface area (Å²) in [6, 6.07) is 9.30. The molecule has 0 unspecified atom stereocenters. The minimum Gasteiger partial charge on any atom is -0.445 e. The van der Waals surface area contributed by atoms with Gasteiger partial charge in [-0.25, -0.2) is 4.79 Å². The molecule has 0 N–H and O–H groups in total. The Bertz CT molecular complexity index is 532. The van der Waals surface area contributed by atoms with Crippen molar-refractivity contribution in [1.82, 2.24) is 9.80 Å². The molecule has 2 rings (SSSR count). The fraction of sp³-hybridized carbons (Fsp3) is 0.556. The van der Waals surface area contributed by atoms with Crippen molar-refractivity contribution in [2.45, 2.75) is 52.3 Å². The summed E-state index contributed by atoms with van der Waals surface area (Å²) in [6.45, 7) is 7.28. The first-order valence-corrected chi connectivity index (χ1v) is 8.32. The lowest BCUT2D eigenvalue weighted by Gasteiger charge is -2.41. The summed E-state index contributed by atoms with van der Waals surface area (Å²) in [5, 5.41) is 0. The van der Waals surface area contributed by atoms with Crippen LogP contribution in [0.3, 0.4) is 0 Å². The number of rotatable bonds is 5. The molecule has 0 bridgehead atoms. The molecule has 0 spiro atoms. The van der Waals surface area contributed by atoms with Gasteiger partial charge in [-0.15, -0.1) is 0 Å². The Labute approximate surface area is 138 Å². The highest BCUT2D eigenvalue weighted by Crippen LogP contribution is 2.17. The average molecular weight is 318 g/mol. The Morgan fingerprint density at radius 2 is 2.00 bits per heavy atom. The molecule has 1 aliphatic heterocycles. The zero-order valence-corrected chi connectivity index (χ0v) is 14.2. The van der Waals surface area contributed by atoms with E-state index in [4.69, 9.17) is 4.74 Å². The van der Waals surface area contributed by atoms with Crippen molar-refractivity contribution in [2.75, 3.05) is 13.1 Å². The van der Waals surface area contributed by atoms with Gasteiger partial charge in [0.15, 0.2) is 0 Å². The average Bonchev–Trinajstić information content (AvgIpc) is 2.56. The van der Waals surface area contributed by atoms with Crippen LogP contribution in [0.4, 0.5) is 4.79 Å². The quantitative estimate of drug-likeness (QED) is 0.838. The minimum absolute atomic E-state index is 0.00820. The van der Waals surface area contributed by atoms with Gasteiger partial charge in [-0.2, -0.15) is 0 Å². The van der Waals surface area contributed by atoms with Gasteiger partial charge in [0.25, 0.3) is 0 Å². The van der Waals surface area contributed by atoms with Crippen LogP contribution in [0.2, 0.25) is 0 Å². The van der Waals surface area contributed by atoms with Gasteiger partial charge in [0, 0.05) is 19.1 Å². The molecule has 1 aliphatic rings. The molecule has 0 radical (unpaired) electrons. The van der Waals surface area contributed by atoms with Gasteiger partial charge in [-0.1, -0.05) is 43.7 Å². The third-order valence-corrected chi connectivity index (χ3v) is 4.37. The van der Waals surface area contributed by atoms with Crippen LogP contribution in [-0.4, -0.2) is 47.0 Å². The summed E-state index contributed by atoms with van der Waals surface area (Å²) < 4.78 is 5.35. The van der Waals surface area contributed by atoms with Crippen LogP contribution in [0.1, 0.15) is 39.2 Å². The van der Waals surface area contributed by atoms with Gasteiger partial charge in [0.05, 0.1) is 0 Å². The van der Waals surface area contributed by atoms with E-state index < -0.39 is 12.1 Å². The predicted octanol–water partition coefficient (Wildman–Crippen LogP) is 3.04. The number of piperazine rings is 1. The summed E-state index contributed by atoms with van der Waals surface area (Å²) in [4.78, 5) is 28.2. The predicted molar refractivity (Wildman–Crippen MR) is 88.9 cm³/mol. The molecule has 5 heteroatoms. The lowest BCUT2D eigenvalue weighted by atomic mass is 10.1. The van der Waals surface area contributed by atoms with Crippen molar-refractivity contribution in [3.05, 3.63) is 35.9 Å². The van der Waals surface area contributed by atoms with Crippen LogP contribution in [0.25, 0.3) is 0 Å². The minimum atomic E-state index is -0.466. The number of benzene rings is 1. The summed E-state index contributed by atoms with van der Waals surface area (Å²) >= 11 is 0. The number of carbonyl (C=O) groups is 2. The topological polar surface area (TPSA) is 49.9 Å². The van der Waals surface area contributed by atoms with Crippen LogP contribution in [0, 0.1) is 0 Å². The van der Waals surface area contributed by atoms with Gasteiger partial charge in [-0.3, -0.25) is 9.69 Å². The molecule has 0 aromatic heterocycles. The Morgan fingerprint density at radius 3 is 2.65 bits per heavy atom. The van der Waals surface area contributed by atoms with Gasteiger partial charge in [0.2, 0.25) is 5.91 Å². The molecule has 2 atom stereocenters. The third-order valence-electron chi connectivity index (χ3n) is 4.37. The molecule has 126 valence electrons. The van der Waals surface area contributed by atoms with E-state index in [1.54, 1.807) is 6.92 Å². The van der Waals surface area contributed by atoms with E-state index >= 15 is 0 Å². The SMILES string of the molecule is CCC[C@H](C)N1CCN(C(=O)OCc2ccccc2)[C@@H](C)C1=O. The van der Waals surface area contributed by atoms with Crippen molar-refractivity contribution >= 4 is 12.0 Å². The van der Waals surface area contributed by atoms with Gasteiger partial charge in [-0.05, 0) is 25.8 Å². The molecule has 1 saturated heterocycles. The Hall–Kier alpha value is -2.04. The summed E-state index contributed by atoms with van der Waals surface area (Å²) in [5.74, 6) is 0.00820. The highest BCUT2D eigenvalue weighted by molar-refractivity contribution is 5.86. The van der Waals surface area contributed by atoms with E-state index in [0.29, 0.717) is 13.1 Å². The van der Waals surface area contributed by atoms with Crippen molar-refractivity contribution in [2.24, 2.45) is 0 Å². The zero-order chi connectivity index (χ0) is 16.8. The number of amides is 2. The highest BCUT2D eigenvalue weighted by atomic mass is 16.6. The lowest BCUT2D eigenvalue weighted by molar-refractivity contribution is -0.142. The number of ether oxygens (including phenoxy) is 1. The smallest absolute Gasteiger partial charge is 0.410 e. The Morgan fingerprint density at radius 1 is 1.30 bits per heavy atom. The standard InChI is InChI=1S/C18H26N2O3/c1-4-8-14(2)19-11-12-20(15(3)17(19)21)18(22)23-13-16-9-6-5-7-10-16/h5-7,9-10,14-15H,4,8,11-13H2,1-3H3/t14-,15-/m0/s1. The van der Waals surface area contributed by atoms with Gasteiger partial charge in [0.1, 0.15) is 12.6 Å². The van der Waals surface area contributed by atoms with E-state index in [-0.39, 0.29) is 18.6 Å². The molecule has 1 aromatic rings. The summed E-state index contributed by atoms with van der Waals surface area (Å²) in [6.07, 6.45) is 1.61. The van der Waals surface area contributed by atoms with Crippen molar-refractivity contribution in [3.63, 3.8) is 0 Å². The molecule has 1 aromatic carbocycles. The van der Waals surface area contributed by atoms with Gasteiger partial charge < -0.3 is 9.64 Å². The Balaban J connectivity index is 1.91. The van der Waals surface area contributed by atoms with E-state index in [0.717, 1.165) is 18.4 Å². The fourth-order valence-electron chi connectivity index (χ4n) is 2.96. The molecule has 1 heterocycles. The lowest BCUT2D eigenvalue weighted by Crippen LogP contribution is -2.59. The maximum Gasteiger partial charge on any atom is 0.410 e. The molecule has 5 nitrogen and oxygen atoms in total. The van der Waals surface area contributed by atoms with Crippen molar-refractivity contribution in [3.8, 4) is 0 Å². The van der Waals surface area contributed by atoms with E-state index in [2.05, 4.69) is 13.8 Å². The molecular weight excluding hydrogens is 292 g/mol. The first-order valence-electron chi connectivity index (χ1n) is 8.32. The maximum atomic E-state index is 12.5. The number of carbonyl (C=O) groups excluding carboxylic acids is 2. The largest absolute Gasteiger partial charge is 0.445 e. The molecule has 0 saturated carbocycles. The molecule has 23 heavy (non-hydrogen) atoms. The van der Waals surface area contributed by atoms with E-state index in [9.17, 15) is 9.59 Å². The monoisotopic (exact) mass is 318 g/mol. The van der Waals surface area contributed by atoms with E-state index in [1.807, 2.05) is 35.2 Å². The number of hydrogen-bond donors (Lipinski definition) is 0. The first kappa shape index (κ1) is 17.3. The maximum absolute atomic E-state index is 12.5. The zero-order valence-electron chi connectivity index (χ0n) is 14.2. The van der Waals surface area contributed by atoms with Crippen LogP contribution < -0.4 is 0 Å². The van der Waals surface area contributed by atoms with Crippen molar-refractivity contribution < 1.29 is 14.3 Å². The normalized spacial score (nSPS) is 19.6. The van der Waals surface area contributed by atoms with E-state index in [1.165, 1.54) is 4.90 Å². The second kappa shape index (κ2) is 7.99. The summed E-state index contributed by atoms with van der Waals surface area (Å²) in [5.41, 5.74) is 0.940. The van der Waals surface area contributed by atoms with Crippen LogP contribution in [0.5, 0.6) is 0 Å². The molecule has 1 fully saturated rings.